The molecule has 2 aromatic rings. The predicted molar refractivity (Wildman–Crippen MR) is 90.4 cm³/mol. The van der Waals surface area contributed by atoms with Crippen LogP contribution in [0.4, 0.5) is 22.9 Å². The lowest BCUT2D eigenvalue weighted by Gasteiger charge is -2.17. The molecule has 0 spiro atoms. The molecule has 2 N–H and O–H groups in total. The Labute approximate surface area is 138 Å². The van der Waals surface area contributed by atoms with Crippen molar-refractivity contribution in [3.63, 3.8) is 0 Å². The smallest absolute Gasteiger partial charge is 0.324 e. The molecule has 0 amide bonds. The summed E-state index contributed by atoms with van der Waals surface area (Å²) >= 11 is 0. The summed E-state index contributed by atoms with van der Waals surface area (Å²) in [5.41, 5.74) is 1.43. The molecule has 0 atom stereocenters. The van der Waals surface area contributed by atoms with E-state index in [9.17, 15) is 18.5 Å². The number of nitrogens with one attached hydrogen (secondary N) is 2. The Hall–Kier alpha value is -2.88. The van der Waals surface area contributed by atoms with Crippen molar-refractivity contribution >= 4 is 33.1 Å². The summed E-state index contributed by atoms with van der Waals surface area (Å²) < 4.78 is 28.0. The van der Waals surface area contributed by atoms with E-state index in [0.717, 1.165) is 0 Å². The van der Waals surface area contributed by atoms with Crippen LogP contribution in [-0.2, 0) is 10.2 Å². The van der Waals surface area contributed by atoms with Gasteiger partial charge < -0.3 is 5.32 Å². The summed E-state index contributed by atoms with van der Waals surface area (Å²) in [4.78, 5) is 14.6. The Morgan fingerprint density at radius 1 is 1.33 bits per heavy atom. The minimum atomic E-state index is -3.65. The Bertz CT molecular complexity index is 900. The van der Waals surface area contributed by atoms with Gasteiger partial charge in [-0.3, -0.25) is 14.8 Å². The summed E-state index contributed by atoms with van der Waals surface area (Å²) in [6.45, 7) is 1.90. The van der Waals surface area contributed by atoms with Gasteiger partial charge in [0.1, 0.15) is 0 Å². The molecule has 0 radical (unpaired) electrons. The van der Waals surface area contributed by atoms with Gasteiger partial charge in [-0.15, -0.1) is 0 Å². The Morgan fingerprint density at radius 2 is 2.08 bits per heavy atom. The first kappa shape index (κ1) is 16.0. The number of nitrogens with zero attached hydrogens (tertiary/aromatic N) is 3. The standard InChI is InChI=1S/C14H15N5O4S/c1-10-6-7-15-14(13(10)19(20)21)16-8-9-18-12-5-3-2-4-11(12)17-24(18,22)23/h2-7,17H,8-9H2,1H3,(H,15,16). The van der Waals surface area contributed by atoms with E-state index in [1.54, 1.807) is 37.3 Å². The SMILES string of the molecule is Cc1ccnc(NCCN2c3ccccc3NS2(=O)=O)c1[N+](=O)[O-]. The fourth-order valence-electron chi connectivity index (χ4n) is 2.53. The minimum Gasteiger partial charge on any atom is -0.363 e. The second kappa shape index (κ2) is 5.96. The quantitative estimate of drug-likeness (QED) is 0.629. The van der Waals surface area contributed by atoms with Crippen molar-refractivity contribution in [2.45, 2.75) is 6.92 Å². The van der Waals surface area contributed by atoms with Gasteiger partial charge in [0.2, 0.25) is 5.82 Å². The van der Waals surface area contributed by atoms with Crippen LogP contribution in [0, 0.1) is 17.0 Å². The molecule has 1 aliphatic heterocycles. The van der Waals surface area contributed by atoms with Crippen LogP contribution in [-0.4, -0.2) is 31.4 Å². The highest BCUT2D eigenvalue weighted by Crippen LogP contribution is 2.34. The lowest BCUT2D eigenvalue weighted by Crippen LogP contribution is -2.34. The highest BCUT2D eigenvalue weighted by atomic mass is 32.2. The zero-order chi connectivity index (χ0) is 17.3. The van der Waals surface area contributed by atoms with Gasteiger partial charge in [-0.05, 0) is 25.1 Å². The van der Waals surface area contributed by atoms with E-state index in [-0.39, 0.29) is 24.6 Å². The zero-order valence-electron chi connectivity index (χ0n) is 12.8. The summed E-state index contributed by atoms with van der Waals surface area (Å²) in [6, 6.07) is 8.40. The first-order valence-electron chi connectivity index (χ1n) is 7.13. The number of pyridine rings is 1. The van der Waals surface area contributed by atoms with Crippen molar-refractivity contribution in [3.05, 3.63) is 52.2 Å². The number of aromatic nitrogens is 1. The molecule has 0 saturated carbocycles. The largest absolute Gasteiger partial charge is 0.363 e. The summed E-state index contributed by atoms with van der Waals surface area (Å²) in [6.07, 6.45) is 1.47. The molecular formula is C14H15N5O4S. The number of hydrogen-bond acceptors (Lipinski definition) is 6. The van der Waals surface area contributed by atoms with Gasteiger partial charge in [-0.25, -0.2) is 9.29 Å². The van der Waals surface area contributed by atoms with E-state index in [1.807, 2.05) is 0 Å². The molecule has 0 bridgehead atoms. The predicted octanol–water partition coefficient (Wildman–Crippen LogP) is 1.89. The lowest BCUT2D eigenvalue weighted by molar-refractivity contribution is -0.384. The number of anilines is 3. The zero-order valence-corrected chi connectivity index (χ0v) is 13.6. The van der Waals surface area contributed by atoms with Crippen molar-refractivity contribution in [2.24, 2.45) is 0 Å². The molecule has 0 saturated heterocycles. The van der Waals surface area contributed by atoms with E-state index in [2.05, 4.69) is 15.0 Å². The topological polar surface area (TPSA) is 117 Å². The second-order valence-electron chi connectivity index (χ2n) is 5.21. The summed E-state index contributed by atoms with van der Waals surface area (Å²) in [5.74, 6) is 0.123. The molecule has 1 aromatic heterocycles. The van der Waals surface area contributed by atoms with Gasteiger partial charge in [-0.2, -0.15) is 8.42 Å². The third-order valence-electron chi connectivity index (χ3n) is 3.62. The number of para-hydroxylation sites is 2. The van der Waals surface area contributed by atoms with Gasteiger partial charge in [-0.1, -0.05) is 12.1 Å². The van der Waals surface area contributed by atoms with Crippen LogP contribution in [0.2, 0.25) is 0 Å². The molecule has 2 heterocycles. The molecule has 0 aliphatic carbocycles. The average Bonchev–Trinajstić information content (AvgIpc) is 2.77. The average molecular weight is 349 g/mol. The van der Waals surface area contributed by atoms with Crippen LogP contribution in [0.5, 0.6) is 0 Å². The third-order valence-corrected chi connectivity index (χ3v) is 5.06. The Morgan fingerprint density at radius 3 is 2.83 bits per heavy atom. The van der Waals surface area contributed by atoms with Gasteiger partial charge in [0.15, 0.2) is 0 Å². The molecule has 1 aromatic carbocycles. The van der Waals surface area contributed by atoms with Gasteiger partial charge in [0.25, 0.3) is 0 Å². The molecule has 0 fully saturated rings. The molecule has 0 unspecified atom stereocenters. The highest BCUT2D eigenvalue weighted by molar-refractivity contribution is 7.94. The molecule has 9 nitrogen and oxygen atoms in total. The van der Waals surface area contributed by atoms with Crippen LogP contribution >= 0.6 is 0 Å². The number of nitro groups is 1. The van der Waals surface area contributed by atoms with Crippen LogP contribution in [0.1, 0.15) is 5.56 Å². The van der Waals surface area contributed by atoms with E-state index in [1.165, 1.54) is 10.5 Å². The van der Waals surface area contributed by atoms with Crippen molar-refractivity contribution in [1.82, 2.24) is 4.98 Å². The van der Waals surface area contributed by atoms with Crippen molar-refractivity contribution in [2.75, 3.05) is 27.4 Å². The first-order chi connectivity index (χ1) is 11.4. The maximum Gasteiger partial charge on any atom is 0.324 e. The molecule has 24 heavy (non-hydrogen) atoms. The number of fused-ring (bicyclic) bond motifs is 1. The number of benzene rings is 1. The monoisotopic (exact) mass is 349 g/mol. The molecule has 126 valence electrons. The first-order valence-corrected chi connectivity index (χ1v) is 8.57. The fraction of sp³-hybridized carbons (Fsp3) is 0.214. The van der Waals surface area contributed by atoms with Gasteiger partial charge in [0.05, 0.1) is 22.8 Å². The fourth-order valence-corrected chi connectivity index (χ4v) is 3.84. The maximum atomic E-state index is 12.2. The maximum absolute atomic E-state index is 12.2. The molecular weight excluding hydrogens is 334 g/mol. The van der Waals surface area contributed by atoms with E-state index < -0.39 is 15.1 Å². The minimum absolute atomic E-state index is 0.110. The Balaban J connectivity index is 1.76. The van der Waals surface area contributed by atoms with Crippen LogP contribution < -0.4 is 14.3 Å². The summed E-state index contributed by atoms with van der Waals surface area (Å²) in [5, 5.41) is 14.0. The van der Waals surface area contributed by atoms with Gasteiger partial charge >= 0.3 is 15.9 Å². The van der Waals surface area contributed by atoms with Crippen molar-refractivity contribution in [1.29, 1.82) is 0 Å². The summed E-state index contributed by atoms with van der Waals surface area (Å²) in [7, 11) is -3.65. The van der Waals surface area contributed by atoms with Crippen molar-refractivity contribution < 1.29 is 13.3 Å². The number of aryl methyl sites for hydroxylation is 1. The highest BCUT2D eigenvalue weighted by Gasteiger charge is 2.31. The van der Waals surface area contributed by atoms with E-state index >= 15 is 0 Å². The normalized spacial score (nSPS) is 14.8. The number of rotatable bonds is 5. The van der Waals surface area contributed by atoms with Crippen LogP contribution in [0.15, 0.2) is 36.5 Å². The Kier molecular flexibility index (Phi) is 3.97. The molecule has 3 rings (SSSR count). The molecule has 10 heteroatoms. The number of hydrogen-bond donors (Lipinski definition) is 2. The molecule has 1 aliphatic rings. The van der Waals surface area contributed by atoms with Crippen molar-refractivity contribution in [3.8, 4) is 0 Å². The third kappa shape index (κ3) is 2.83. The van der Waals surface area contributed by atoms with E-state index in [4.69, 9.17) is 0 Å². The van der Waals surface area contributed by atoms with Crippen LogP contribution in [0.25, 0.3) is 0 Å². The second-order valence-corrected chi connectivity index (χ2v) is 6.80. The van der Waals surface area contributed by atoms with E-state index in [0.29, 0.717) is 16.9 Å². The lowest BCUT2D eigenvalue weighted by atomic mass is 10.2. The van der Waals surface area contributed by atoms with Gasteiger partial charge in [0, 0.05) is 18.3 Å². The van der Waals surface area contributed by atoms with Crippen LogP contribution in [0.3, 0.4) is 0 Å².